The molecular formula is C16H22N6OS. The van der Waals surface area contributed by atoms with E-state index in [-0.39, 0.29) is 0 Å². The van der Waals surface area contributed by atoms with Crippen LogP contribution in [0.15, 0.2) is 23.8 Å². The number of hydrogen-bond acceptors (Lipinski definition) is 8. The molecule has 0 radical (unpaired) electrons. The van der Waals surface area contributed by atoms with Gasteiger partial charge in [-0.2, -0.15) is 4.98 Å². The molecule has 1 unspecified atom stereocenters. The number of morpholine rings is 1. The molecule has 4 rings (SSSR count). The molecule has 0 aromatic carbocycles. The molecule has 2 aliphatic heterocycles. The summed E-state index contributed by atoms with van der Waals surface area (Å²) < 4.78 is 5.41. The highest BCUT2D eigenvalue weighted by Gasteiger charge is 2.28. The van der Waals surface area contributed by atoms with Gasteiger partial charge >= 0.3 is 0 Å². The summed E-state index contributed by atoms with van der Waals surface area (Å²) in [5.41, 5.74) is 0. The Balaban J connectivity index is 1.45. The Bertz CT molecular complexity index is 660. The maximum absolute atomic E-state index is 5.41. The Kier molecular flexibility index (Phi) is 4.48. The zero-order valence-electron chi connectivity index (χ0n) is 13.8. The molecule has 2 fully saturated rings. The fourth-order valence-corrected chi connectivity index (χ4v) is 3.92. The zero-order chi connectivity index (χ0) is 16.4. The third kappa shape index (κ3) is 3.16. The minimum Gasteiger partial charge on any atom is -0.378 e. The molecule has 0 amide bonds. The second kappa shape index (κ2) is 6.90. The fourth-order valence-electron chi connectivity index (χ4n) is 3.24. The third-order valence-corrected chi connectivity index (χ3v) is 5.52. The van der Waals surface area contributed by atoms with Crippen molar-refractivity contribution in [2.75, 3.05) is 61.1 Å². The summed E-state index contributed by atoms with van der Waals surface area (Å²) >= 11 is 1.70. The minimum absolute atomic E-state index is 0.446. The van der Waals surface area contributed by atoms with Gasteiger partial charge in [-0.1, -0.05) is 0 Å². The molecule has 2 aliphatic rings. The highest BCUT2D eigenvalue weighted by Crippen LogP contribution is 2.26. The molecule has 128 valence electrons. The van der Waals surface area contributed by atoms with Crippen molar-refractivity contribution in [1.29, 1.82) is 0 Å². The van der Waals surface area contributed by atoms with Crippen molar-refractivity contribution >= 4 is 28.2 Å². The number of nitrogens with zero attached hydrogens (tertiary/aromatic N) is 6. The fraction of sp³-hybridized carbons (Fsp3) is 0.562. The zero-order valence-corrected chi connectivity index (χ0v) is 14.7. The first-order valence-corrected chi connectivity index (χ1v) is 9.22. The van der Waals surface area contributed by atoms with Gasteiger partial charge in [-0.25, -0.2) is 9.97 Å². The molecule has 0 bridgehead atoms. The number of anilines is 3. The minimum atomic E-state index is 0.446. The second-order valence-corrected chi connectivity index (χ2v) is 7.00. The number of likely N-dealkylation sites (N-methyl/N-ethyl adjacent to an activating group) is 1. The average Bonchev–Trinajstić information content (AvgIpc) is 3.33. The van der Waals surface area contributed by atoms with E-state index in [1.54, 1.807) is 11.3 Å². The lowest BCUT2D eigenvalue weighted by Crippen LogP contribution is -2.38. The van der Waals surface area contributed by atoms with Crippen LogP contribution in [0.5, 0.6) is 0 Å². The smallest absolute Gasteiger partial charge is 0.227 e. The summed E-state index contributed by atoms with van der Waals surface area (Å²) in [6.07, 6.45) is 4.85. The van der Waals surface area contributed by atoms with E-state index in [0.717, 1.165) is 62.7 Å². The van der Waals surface area contributed by atoms with Crippen LogP contribution in [-0.2, 0) is 4.74 Å². The number of rotatable bonds is 4. The average molecular weight is 346 g/mol. The maximum atomic E-state index is 5.41. The Morgan fingerprint density at radius 1 is 1.17 bits per heavy atom. The molecule has 2 aromatic heterocycles. The Morgan fingerprint density at radius 2 is 2.04 bits per heavy atom. The molecule has 7 nitrogen and oxygen atoms in total. The van der Waals surface area contributed by atoms with Crippen LogP contribution in [0, 0.1) is 0 Å². The van der Waals surface area contributed by atoms with E-state index < -0.39 is 0 Å². The van der Waals surface area contributed by atoms with Crippen LogP contribution in [0.2, 0.25) is 0 Å². The maximum Gasteiger partial charge on any atom is 0.227 e. The topological polar surface area (TPSA) is 57.6 Å². The van der Waals surface area contributed by atoms with Gasteiger partial charge in [-0.15, -0.1) is 11.3 Å². The van der Waals surface area contributed by atoms with E-state index in [2.05, 4.69) is 31.7 Å². The highest BCUT2D eigenvalue weighted by atomic mass is 32.1. The molecule has 2 aromatic rings. The van der Waals surface area contributed by atoms with E-state index in [1.165, 1.54) is 0 Å². The van der Waals surface area contributed by atoms with Crippen molar-refractivity contribution in [2.24, 2.45) is 0 Å². The van der Waals surface area contributed by atoms with Gasteiger partial charge in [0.25, 0.3) is 0 Å². The van der Waals surface area contributed by atoms with E-state index in [9.17, 15) is 0 Å². The molecule has 0 spiro atoms. The number of thiazole rings is 1. The lowest BCUT2D eigenvalue weighted by molar-refractivity contribution is 0.122. The van der Waals surface area contributed by atoms with Crippen LogP contribution < -0.4 is 14.7 Å². The van der Waals surface area contributed by atoms with Crippen molar-refractivity contribution < 1.29 is 4.74 Å². The normalized spacial score (nSPS) is 21.3. The van der Waals surface area contributed by atoms with Gasteiger partial charge in [-0.3, -0.25) is 0 Å². The van der Waals surface area contributed by atoms with Crippen molar-refractivity contribution in [1.82, 2.24) is 15.0 Å². The first-order valence-electron chi connectivity index (χ1n) is 8.34. The van der Waals surface area contributed by atoms with E-state index in [4.69, 9.17) is 9.72 Å². The monoisotopic (exact) mass is 346 g/mol. The van der Waals surface area contributed by atoms with Gasteiger partial charge in [0.15, 0.2) is 5.13 Å². The third-order valence-electron chi connectivity index (χ3n) is 4.68. The molecular weight excluding hydrogens is 324 g/mol. The van der Waals surface area contributed by atoms with Gasteiger partial charge in [0, 0.05) is 57.0 Å². The first kappa shape index (κ1) is 15.6. The van der Waals surface area contributed by atoms with Crippen molar-refractivity contribution in [3.63, 3.8) is 0 Å². The Hall–Kier alpha value is -1.93. The largest absolute Gasteiger partial charge is 0.378 e. The van der Waals surface area contributed by atoms with Gasteiger partial charge in [0.1, 0.15) is 5.82 Å². The van der Waals surface area contributed by atoms with E-state index in [1.807, 2.05) is 23.8 Å². The van der Waals surface area contributed by atoms with Crippen LogP contribution in [0.4, 0.5) is 16.9 Å². The SMILES string of the molecule is CN(c1ccnc(N2CCOCC2)n1)C1CCN(c2nccs2)C1. The van der Waals surface area contributed by atoms with Gasteiger partial charge in [0.2, 0.25) is 5.95 Å². The predicted molar refractivity (Wildman–Crippen MR) is 96.2 cm³/mol. The lowest BCUT2D eigenvalue weighted by Gasteiger charge is -2.29. The summed E-state index contributed by atoms with van der Waals surface area (Å²) in [5.74, 6) is 1.79. The molecule has 4 heterocycles. The van der Waals surface area contributed by atoms with Crippen molar-refractivity contribution in [2.45, 2.75) is 12.5 Å². The quantitative estimate of drug-likeness (QED) is 0.831. The molecule has 2 saturated heterocycles. The van der Waals surface area contributed by atoms with Crippen LogP contribution in [0.25, 0.3) is 0 Å². The molecule has 24 heavy (non-hydrogen) atoms. The molecule has 0 saturated carbocycles. The Labute approximate surface area is 145 Å². The number of aromatic nitrogens is 3. The molecule has 0 N–H and O–H groups in total. The summed E-state index contributed by atoms with van der Waals surface area (Å²) in [7, 11) is 2.13. The van der Waals surface area contributed by atoms with Crippen LogP contribution in [-0.4, -0.2) is 67.4 Å². The van der Waals surface area contributed by atoms with Crippen molar-refractivity contribution in [3.8, 4) is 0 Å². The van der Waals surface area contributed by atoms with Crippen LogP contribution in [0.3, 0.4) is 0 Å². The molecule has 0 aliphatic carbocycles. The number of hydrogen-bond donors (Lipinski definition) is 0. The predicted octanol–water partition coefficient (Wildman–Crippen LogP) is 1.48. The van der Waals surface area contributed by atoms with Crippen molar-refractivity contribution in [3.05, 3.63) is 23.8 Å². The highest BCUT2D eigenvalue weighted by molar-refractivity contribution is 7.13. The summed E-state index contributed by atoms with van der Waals surface area (Å²) in [6.45, 7) is 5.23. The van der Waals surface area contributed by atoms with Crippen LogP contribution >= 0.6 is 11.3 Å². The van der Waals surface area contributed by atoms with Gasteiger partial charge in [0.05, 0.1) is 13.2 Å². The molecule has 8 heteroatoms. The standard InChI is InChI=1S/C16H22N6OS/c1-20(13-3-6-22(12-13)16-18-5-11-24-16)14-2-4-17-15(19-14)21-7-9-23-10-8-21/h2,4-5,11,13H,3,6-10,12H2,1H3. The van der Waals surface area contributed by atoms with E-state index >= 15 is 0 Å². The summed E-state index contributed by atoms with van der Waals surface area (Å²) in [6, 6.07) is 2.44. The second-order valence-electron chi connectivity index (χ2n) is 6.13. The molecule has 1 atom stereocenters. The summed E-state index contributed by atoms with van der Waals surface area (Å²) in [4.78, 5) is 20.5. The number of ether oxygens (including phenoxy) is 1. The summed E-state index contributed by atoms with van der Waals surface area (Å²) in [5, 5.41) is 3.15. The lowest BCUT2D eigenvalue weighted by atomic mass is 10.2. The Morgan fingerprint density at radius 3 is 2.83 bits per heavy atom. The van der Waals surface area contributed by atoms with Gasteiger partial charge in [-0.05, 0) is 12.5 Å². The van der Waals surface area contributed by atoms with Gasteiger partial charge < -0.3 is 19.4 Å². The van der Waals surface area contributed by atoms with E-state index in [0.29, 0.717) is 6.04 Å². The van der Waals surface area contributed by atoms with Crippen LogP contribution in [0.1, 0.15) is 6.42 Å². The first-order chi connectivity index (χ1) is 11.8.